The van der Waals surface area contributed by atoms with Crippen LogP contribution in [0.4, 0.5) is 4.79 Å². The van der Waals surface area contributed by atoms with Gasteiger partial charge in [0, 0.05) is 18.6 Å². The Kier molecular flexibility index (Phi) is 2.41. The summed E-state index contributed by atoms with van der Waals surface area (Å²) < 4.78 is 5.34. The molecule has 86 valence electrons. The second-order valence-electron chi connectivity index (χ2n) is 5.61. The SMILES string of the molecule is CC(C)(C)OC(=O)N1CCC2(CCN2)C1. The first kappa shape index (κ1) is 10.7. The fourth-order valence-electron chi connectivity index (χ4n) is 2.18. The zero-order chi connectivity index (χ0) is 11.1. The number of ether oxygens (including phenoxy) is 1. The maximum absolute atomic E-state index is 11.8. The molecule has 1 unspecified atom stereocenters. The predicted octanol–water partition coefficient (Wildman–Crippen LogP) is 1.36. The molecule has 4 nitrogen and oxygen atoms in total. The predicted molar refractivity (Wildman–Crippen MR) is 57.8 cm³/mol. The third-order valence-corrected chi connectivity index (χ3v) is 3.11. The Hall–Kier alpha value is -0.770. The molecule has 1 spiro atoms. The molecule has 0 aromatic heterocycles. The van der Waals surface area contributed by atoms with Crippen molar-refractivity contribution in [3.05, 3.63) is 0 Å². The van der Waals surface area contributed by atoms with Crippen LogP contribution in [-0.4, -0.2) is 41.8 Å². The summed E-state index contributed by atoms with van der Waals surface area (Å²) in [6.45, 7) is 8.42. The third kappa shape index (κ3) is 2.25. The summed E-state index contributed by atoms with van der Waals surface area (Å²) in [6.07, 6.45) is 2.08. The van der Waals surface area contributed by atoms with Gasteiger partial charge in [0.05, 0.1) is 0 Å². The van der Waals surface area contributed by atoms with E-state index in [0.29, 0.717) is 0 Å². The summed E-state index contributed by atoms with van der Waals surface area (Å²) in [6, 6.07) is 0. The highest BCUT2D eigenvalue weighted by molar-refractivity contribution is 5.68. The Morgan fingerprint density at radius 2 is 2.07 bits per heavy atom. The Labute approximate surface area is 91.0 Å². The monoisotopic (exact) mass is 212 g/mol. The van der Waals surface area contributed by atoms with E-state index in [-0.39, 0.29) is 17.2 Å². The summed E-state index contributed by atoms with van der Waals surface area (Å²) >= 11 is 0. The van der Waals surface area contributed by atoms with Crippen LogP contribution in [0.1, 0.15) is 33.6 Å². The van der Waals surface area contributed by atoms with E-state index in [1.807, 2.05) is 25.7 Å². The molecule has 2 saturated heterocycles. The molecule has 0 saturated carbocycles. The Balaban J connectivity index is 1.88. The van der Waals surface area contributed by atoms with E-state index in [2.05, 4.69) is 5.32 Å². The van der Waals surface area contributed by atoms with Crippen LogP contribution in [0, 0.1) is 0 Å². The molecular weight excluding hydrogens is 192 g/mol. The molecule has 1 amide bonds. The lowest BCUT2D eigenvalue weighted by Gasteiger charge is -2.39. The number of amides is 1. The standard InChI is InChI=1S/C11H20N2O2/c1-10(2,3)15-9(14)13-7-5-11(8-13)4-6-12-11/h12H,4-8H2,1-3H3. The van der Waals surface area contributed by atoms with Crippen LogP contribution < -0.4 is 5.32 Å². The van der Waals surface area contributed by atoms with Gasteiger partial charge in [0.2, 0.25) is 0 Å². The van der Waals surface area contributed by atoms with Crippen molar-refractivity contribution >= 4 is 6.09 Å². The van der Waals surface area contributed by atoms with Crippen molar-refractivity contribution in [2.75, 3.05) is 19.6 Å². The fraction of sp³-hybridized carbons (Fsp3) is 0.909. The van der Waals surface area contributed by atoms with Crippen molar-refractivity contribution < 1.29 is 9.53 Å². The van der Waals surface area contributed by atoms with Gasteiger partial charge in [-0.05, 0) is 40.2 Å². The molecule has 4 heteroatoms. The van der Waals surface area contributed by atoms with Crippen LogP contribution in [-0.2, 0) is 4.74 Å². The normalized spacial score (nSPS) is 30.5. The molecule has 0 aromatic rings. The number of carbonyl (C=O) groups excluding carboxylic acids is 1. The van der Waals surface area contributed by atoms with Crippen LogP contribution in [0.5, 0.6) is 0 Å². The first-order chi connectivity index (χ1) is 6.90. The van der Waals surface area contributed by atoms with Gasteiger partial charge >= 0.3 is 6.09 Å². The fourth-order valence-corrected chi connectivity index (χ4v) is 2.18. The summed E-state index contributed by atoms with van der Waals surface area (Å²) in [5.74, 6) is 0. The van der Waals surface area contributed by atoms with Crippen LogP contribution in [0.15, 0.2) is 0 Å². The molecule has 2 aliphatic heterocycles. The number of nitrogens with zero attached hydrogens (tertiary/aromatic N) is 1. The van der Waals surface area contributed by atoms with Gasteiger partial charge in [0.1, 0.15) is 5.60 Å². The molecule has 1 N–H and O–H groups in total. The Morgan fingerprint density at radius 1 is 1.40 bits per heavy atom. The minimum Gasteiger partial charge on any atom is -0.444 e. The number of rotatable bonds is 0. The number of carbonyl (C=O) groups is 1. The average molecular weight is 212 g/mol. The molecular formula is C11H20N2O2. The molecule has 2 fully saturated rings. The zero-order valence-electron chi connectivity index (χ0n) is 9.80. The maximum atomic E-state index is 11.8. The lowest BCUT2D eigenvalue weighted by atomic mass is 9.87. The van der Waals surface area contributed by atoms with Gasteiger partial charge in [-0.2, -0.15) is 0 Å². The first-order valence-corrected chi connectivity index (χ1v) is 5.63. The van der Waals surface area contributed by atoms with E-state index >= 15 is 0 Å². The summed E-state index contributed by atoms with van der Waals surface area (Å²) in [7, 11) is 0. The quantitative estimate of drug-likeness (QED) is 0.659. The second kappa shape index (κ2) is 3.37. The molecule has 0 aliphatic carbocycles. The topological polar surface area (TPSA) is 41.6 Å². The summed E-state index contributed by atoms with van der Waals surface area (Å²) in [4.78, 5) is 13.6. The van der Waals surface area contributed by atoms with Gasteiger partial charge in [0.25, 0.3) is 0 Å². The molecule has 0 radical (unpaired) electrons. The molecule has 2 rings (SSSR count). The molecule has 15 heavy (non-hydrogen) atoms. The van der Waals surface area contributed by atoms with E-state index in [4.69, 9.17) is 4.74 Å². The first-order valence-electron chi connectivity index (χ1n) is 5.63. The Morgan fingerprint density at radius 3 is 2.47 bits per heavy atom. The van der Waals surface area contributed by atoms with E-state index in [9.17, 15) is 4.79 Å². The van der Waals surface area contributed by atoms with Crippen LogP contribution in [0.3, 0.4) is 0 Å². The summed E-state index contributed by atoms with van der Waals surface area (Å²) in [5.41, 5.74) is -0.170. The van der Waals surface area contributed by atoms with Gasteiger partial charge in [-0.15, -0.1) is 0 Å². The Bertz CT molecular complexity index is 266. The van der Waals surface area contributed by atoms with Gasteiger partial charge in [0.15, 0.2) is 0 Å². The van der Waals surface area contributed by atoms with Crippen molar-refractivity contribution in [3.63, 3.8) is 0 Å². The van der Waals surface area contributed by atoms with Crippen LogP contribution >= 0.6 is 0 Å². The van der Waals surface area contributed by atoms with E-state index in [0.717, 1.165) is 26.1 Å². The van der Waals surface area contributed by atoms with Gasteiger partial charge in [-0.3, -0.25) is 0 Å². The van der Waals surface area contributed by atoms with Crippen molar-refractivity contribution in [1.82, 2.24) is 10.2 Å². The highest BCUT2D eigenvalue weighted by Crippen LogP contribution is 2.30. The van der Waals surface area contributed by atoms with Crippen LogP contribution in [0.2, 0.25) is 0 Å². The average Bonchev–Trinajstić information content (AvgIpc) is 2.43. The highest BCUT2D eigenvalue weighted by atomic mass is 16.6. The van der Waals surface area contributed by atoms with Crippen molar-refractivity contribution in [1.29, 1.82) is 0 Å². The van der Waals surface area contributed by atoms with E-state index < -0.39 is 0 Å². The molecule has 0 bridgehead atoms. The van der Waals surface area contributed by atoms with Crippen molar-refractivity contribution in [3.8, 4) is 0 Å². The largest absolute Gasteiger partial charge is 0.444 e. The van der Waals surface area contributed by atoms with Crippen LogP contribution in [0.25, 0.3) is 0 Å². The minimum atomic E-state index is -0.389. The van der Waals surface area contributed by atoms with Crippen molar-refractivity contribution in [2.45, 2.75) is 44.8 Å². The highest BCUT2D eigenvalue weighted by Gasteiger charge is 2.44. The number of hydrogen-bond donors (Lipinski definition) is 1. The van der Waals surface area contributed by atoms with Gasteiger partial charge in [-0.25, -0.2) is 4.79 Å². The molecule has 2 heterocycles. The van der Waals surface area contributed by atoms with E-state index in [1.54, 1.807) is 0 Å². The number of hydrogen-bond acceptors (Lipinski definition) is 3. The molecule has 0 aromatic carbocycles. The lowest BCUT2D eigenvalue weighted by Crippen LogP contribution is -2.58. The minimum absolute atomic E-state index is 0.173. The zero-order valence-corrected chi connectivity index (χ0v) is 9.80. The van der Waals surface area contributed by atoms with Gasteiger partial charge < -0.3 is 15.0 Å². The number of likely N-dealkylation sites (tertiary alicyclic amines) is 1. The molecule has 2 aliphatic rings. The number of nitrogens with one attached hydrogen (secondary N) is 1. The molecule has 1 atom stereocenters. The van der Waals surface area contributed by atoms with E-state index in [1.165, 1.54) is 6.42 Å². The maximum Gasteiger partial charge on any atom is 0.410 e. The lowest BCUT2D eigenvalue weighted by molar-refractivity contribution is 0.0269. The van der Waals surface area contributed by atoms with Crippen molar-refractivity contribution in [2.24, 2.45) is 0 Å². The third-order valence-electron chi connectivity index (χ3n) is 3.11. The van der Waals surface area contributed by atoms with Gasteiger partial charge in [-0.1, -0.05) is 0 Å². The second-order valence-corrected chi connectivity index (χ2v) is 5.61. The smallest absolute Gasteiger partial charge is 0.410 e. The summed E-state index contributed by atoms with van der Waals surface area (Å²) in [5, 5.41) is 3.42.